The molecule has 3 aliphatic heterocycles. The lowest BCUT2D eigenvalue weighted by atomic mass is 9.74. The number of carbonyl (C=O) groups excluding carboxylic acids is 3. The zero-order valence-corrected chi connectivity index (χ0v) is 23.0. The molecule has 2 aromatic rings. The standard InChI is InChI=1S/C32H39N3O5/c36-29-27-10-4-5-11-28(27)40-19-7-6-14-32(15-17-35(18-16-32)30(37)25-12-20-39-21-13-25)31(38)34-26(23-33-29)22-24-8-2-1-3-9-24/h1-11,25-26H,12-23H2,(H,33,36)(H,34,38)/b7-6+/t26-/m1/s1. The van der Waals surface area contributed by atoms with E-state index in [-0.39, 0.29) is 36.2 Å². The summed E-state index contributed by atoms with van der Waals surface area (Å²) in [5.41, 5.74) is 0.915. The second-order valence-electron chi connectivity index (χ2n) is 11.0. The van der Waals surface area contributed by atoms with E-state index in [1.165, 1.54) is 0 Å². The molecule has 2 fully saturated rings. The molecule has 212 valence electrons. The molecular weight excluding hydrogens is 506 g/mol. The number of likely N-dealkylation sites (tertiary alicyclic amines) is 1. The van der Waals surface area contributed by atoms with E-state index in [0.29, 0.717) is 69.9 Å². The number of nitrogens with zero attached hydrogens (tertiary/aromatic N) is 1. The Kier molecular flexibility index (Phi) is 9.16. The van der Waals surface area contributed by atoms with Crippen molar-refractivity contribution in [3.63, 3.8) is 0 Å². The predicted molar refractivity (Wildman–Crippen MR) is 152 cm³/mol. The van der Waals surface area contributed by atoms with Crippen LogP contribution in [0.25, 0.3) is 0 Å². The molecule has 8 heteroatoms. The van der Waals surface area contributed by atoms with Crippen LogP contribution in [0, 0.1) is 11.3 Å². The summed E-state index contributed by atoms with van der Waals surface area (Å²) in [4.78, 5) is 42.2. The number of piperidine rings is 1. The van der Waals surface area contributed by atoms with Gasteiger partial charge in [0.05, 0.1) is 17.0 Å². The van der Waals surface area contributed by atoms with Gasteiger partial charge in [-0.1, -0.05) is 54.6 Å². The third-order valence-corrected chi connectivity index (χ3v) is 8.40. The number of fused-ring (bicyclic) bond motifs is 1. The molecule has 0 unspecified atom stereocenters. The highest BCUT2D eigenvalue weighted by Crippen LogP contribution is 2.37. The Morgan fingerprint density at radius 2 is 1.68 bits per heavy atom. The molecule has 0 saturated carbocycles. The summed E-state index contributed by atoms with van der Waals surface area (Å²) >= 11 is 0. The maximum Gasteiger partial charge on any atom is 0.255 e. The number of nitrogens with one attached hydrogen (secondary N) is 2. The average molecular weight is 546 g/mol. The van der Waals surface area contributed by atoms with Crippen molar-refractivity contribution in [3.8, 4) is 5.75 Å². The van der Waals surface area contributed by atoms with Crippen molar-refractivity contribution < 1.29 is 23.9 Å². The van der Waals surface area contributed by atoms with Gasteiger partial charge >= 0.3 is 0 Å². The van der Waals surface area contributed by atoms with Crippen LogP contribution in [0.4, 0.5) is 0 Å². The van der Waals surface area contributed by atoms with Gasteiger partial charge < -0.3 is 25.0 Å². The van der Waals surface area contributed by atoms with Gasteiger partial charge in [0.1, 0.15) is 12.4 Å². The fraction of sp³-hybridized carbons (Fsp3) is 0.469. The van der Waals surface area contributed by atoms with Crippen molar-refractivity contribution in [1.29, 1.82) is 0 Å². The molecule has 2 saturated heterocycles. The first-order chi connectivity index (χ1) is 19.5. The third-order valence-electron chi connectivity index (χ3n) is 8.40. The smallest absolute Gasteiger partial charge is 0.255 e. The molecule has 40 heavy (non-hydrogen) atoms. The summed E-state index contributed by atoms with van der Waals surface area (Å²) in [6, 6.07) is 16.9. The largest absolute Gasteiger partial charge is 0.489 e. The highest BCUT2D eigenvalue weighted by Gasteiger charge is 2.43. The number of hydrogen-bond donors (Lipinski definition) is 2. The molecule has 2 aromatic carbocycles. The summed E-state index contributed by atoms with van der Waals surface area (Å²) in [7, 11) is 0. The number of para-hydroxylation sites is 1. The molecule has 8 nitrogen and oxygen atoms in total. The molecule has 0 aliphatic carbocycles. The molecule has 5 rings (SSSR count). The van der Waals surface area contributed by atoms with Crippen molar-refractivity contribution in [2.45, 2.75) is 44.6 Å². The second kappa shape index (κ2) is 13.1. The van der Waals surface area contributed by atoms with Gasteiger partial charge in [0, 0.05) is 38.8 Å². The summed E-state index contributed by atoms with van der Waals surface area (Å²) in [5.74, 6) is 0.466. The van der Waals surface area contributed by atoms with Crippen LogP contribution in [-0.4, -0.2) is 68.1 Å². The zero-order valence-electron chi connectivity index (χ0n) is 23.0. The maximum atomic E-state index is 14.0. The number of benzene rings is 2. The summed E-state index contributed by atoms with van der Waals surface area (Å²) in [5, 5.41) is 6.31. The van der Waals surface area contributed by atoms with E-state index in [4.69, 9.17) is 9.47 Å². The lowest BCUT2D eigenvalue weighted by molar-refractivity contribution is -0.145. The first kappa shape index (κ1) is 27.9. The summed E-state index contributed by atoms with van der Waals surface area (Å²) in [6.45, 7) is 2.96. The predicted octanol–water partition coefficient (Wildman–Crippen LogP) is 3.52. The van der Waals surface area contributed by atoms with E-state index >= 15 is 0 Å². The Morgan fingerprint density at radius 3 is 2.45 bits per heavy atom. The molecule has 1 atom stereocenters. The van der Waals surface area contributed by atoms with Gasteiger partial charge in [-0.05, 0) is 56.2 Å². The summed E-state index contributed by atoms with van der Waals surface area (Å²) < 4.78 is 11.4. The Balaban J connectivity index is 1.35. The van der Waals surface area contributed by atoms with Crippen molar-refractivity contribution >= 4 is 17.7 Å². The number of hydrogen-bond acceptors (Lipinski definition) is 5. The molecule has 3 aliphatic rings. The van der Waals surface area contributed by atoms with Crippen molar-refractivity contribution in [3.05, 3.63) is 77.9 Å². The average Bonchev–Trinajstić information content (AvgIpc) is 3.00. The second-order valence-corrected chi connectivity index (χ2v) is 11.0. The molecular formula is C32H39N3O5. The Hall–Kier alpha value is -3.65. The van der Waals surface area contributed by atoms with E-state index in [0.717, 1.165) is 18.4 Å². The quantitative estimate of drug-likeness (QED) is 0.576. The molecule has 0 radical (unpaired) electrons. The highest BCUT2D eigenvalue weighted by atomic mass is 16.5. The van der Waals surface area contributed by atoms with Crippen LogP contribution in [0.1, 0.15) is 48.0 Å². The van der Waals surface area contributed by atoms with E-state index in [1.807, 2.05) is 59.5 Å². The van der Waals surface area contributed by atoms with Crippen LogP contribution >= 0.6 is 0 Å². The topological polar surface area (TPSA) is 97.0 Å². The van der Waals surface area contributed by atoms with Crippen LogP contribution < -0.4 is 15.4 Å². The third kappa shape index (κ3) is 6.73. The number of amides is 3. The zero-order chi connectivity index (χ0) is 27.8. The highest BCUT2D eigenvalue weighted by molar-refractivity contribution is 5.97. The van der Waals surface area contributed by atoms with E-state index < -0.39 is 5.41 Å². The van der Waals surface area contributed by atoms with Gasteiger partial charge in [0.15, 0.2) is 0 Å². The minimum absolute atomic E-state index is 0.0133. The van der Waals surface area contributed by atoms with Crippen LogP contribution in [0.15, 0.2) is 66.7 Å². The number of allylic oxidation sites excluding steroid dienone is 1. The van der Waals surface area contributed by atoms with Crippen LogP contribution in [-0.2, 0) is 20.7 Å². The lowest BCUT2D eigenvalue weighted by Gasteiger charge is -2.42. The fourth-order valence-electron chi connectivity index (χ4n) is 5.90. The van der Waals surface area contributed by atoms with Gasteiger partial charge in [-0.3, -0.25) is 14.4 Å². The van der Waals surface area contributed by atoms with Gasteiger partial charge in [0.2, 0.25) is 11.8 Å². The van der Waals surface area contributed by atoms with Crippen molar-refractivity contribution in [2.75, 3.05) is 39.5 Å². The van der Waals surface area contributed by atoms with E-state index in [9.17, 15) is 14.4 Å². The Morgan fingerprint density at radius 1 is 0.950 bits per heavy atom. The molecule has 3 heterocycles. The normalized spacial score (nSPS) is 23.2. The number of carbonyl (C=O) groups is 3. The Labute approximate surface area is 236 Å². The molecule has 1 spiro atoms. The van der Waals surface area contributed by atoms with Crippen molar-refractivity contribution in [1.82, 2.24) is 15.5 Å². The molecule has 0 bridgehead atoms. The first-order valence-corrected chi connectivity index (χ1v) is 14.4. The van der Waals surface area contributed by atoms with Gasteiger partial charge in [-0.25, -0.2) is 0 Å². The van der Waals surface area contributed by atoms with Crippen LogP contribution in [0.2, 0.25) is 0 Å². The maximum absolute atomic E-state index is 14.0. The number of rotatable bonds is 3. The van der Waals surface area contributed by atoms with Gasteiger partial charge in [0.25, 0.3) is 5.91 Å². The van der Waals surface area contributed by atoms with Crippen LogP contribution in [0.3, 0.4) is 0 Å². The first-order valence-electron chi connectivity index (χ1n) is 14.4. The summed E-state index contributed by atoms with van der Waals surface area (Å²) in [6.07, 6.45) is 7.78. The molecule has 0 aromatic heterocycles. The van der Waals surface area contributed by atoms with E-state index in [2.05, 4.69) is 10.6 Å². The molecule has 2 N–H and O–H groups in total. The van der Waals surface area contributed by atoms with E-state index in [1.54, 1.807) is 12.1 Å². The van der Waals surface area contributed by atoms with Gasteiger partial charge in [-0.15, -0.1) is 0 Å². The SMILES string of the molecule is O=C1NC[C@@H](Cc2ccccc2)NC(=O)C2(C/C=C/COc3ccccc31)CCN(C(=O)C1CCOCC1)CC2. The minimum Gasteiger partial charge on any atom is -0.489 e. The monoisotopic (exact) mass is 545 g/mol. The molecule has 3 amide bonds. The minimum atomic E-state index is -0.635. The van der Waals surface area contributed by atoms with Crippen LogP contribution in [0.5, 0.6) is 5.75 Å². The van der Waals surface area contributed by atoms with Crippen molar-refractivity contribution in [2.24, 2.45) is 11.3 Å². The fourth-order valence-corrected chi connectivity index (χ4v) is 5.90. The lowest BCUT2D eigenvalue weighted by Crippen LogP contribution is -2.55. The number of ether oxygens (including phenoxy) is 2. The van der Waals surface area contributed by atoms with Gasteiger partial charge in [-0.2, -0.15) is 0 Å². The Bertz CT molecular complexity index is 1200.